The molecule has 0 spiro atoms. The number of benzene rings is 1. The van der Waals surface area contributed by atoms with Crippen LogP contribution in [0.2, 0.25) is 5.22 Å². The third-order valence-electron chi connectivity index (χ3n) is 2.59. The van der Waals surface area contributed by atoms with Crippen LogP contribution in [0.3, 0.4) is 0 Å². The molecular weight excluding hydrogens is 319 g/mol. The van der Waals surface area contributed by atoms with Crippen molar-refractivity contribution in [3.8, 4) is 5.75 Å². The average molecular weight is 332 g/mol. The first kappa shape index (κ1) is 13.5. The number of aliphatic hydroxyl groups excluding tert-OH is 1. The van der Waals surface area contributed by atoms with Crippen molar-refractivity contribution in [1.82, 2.24) is 0 Å². The molecule has 3 nitrogen and oxygen atoms in total. The molecule has 0 saturated carbocycles. The van der Waals surface area contributed by atoms with Crippen molar-refractivity contribution in [3.63, 3.8) is 0 Å². The SMILES string of the molecule is COc1ccc(Br)c(CC(O)c2ccc(Cl)o2)c1. The quantitative estimate of drug-likeness (QED) is 0.921. The van der Waals surface area contributed by atoms with Crippen molar-refractivity contribution < 1.29 is 14.3 Å². The normalized spacial score (nSPS) is 12.4. The molecule has 0 aliphatic heterocycles. The Morgan fingerprint density at radius 2 is 2.17 bits per heavy atom. The van der Waals surface area contributed by atoms with E-state index in [1.165, 1.54) is 0 Å². The van der Waals surface area contributed by atoms with Crippen LogP contribution in [-0.2, 0) is 6.42 Å². The smallest absolute Gasteiger partial charge is 0.193 e. The van der Waals surface area contributed by atoms with Crippen LogP contribution in [0.1, 0.15) is 17.4 Å². The number of methoxy groups -OCH3 is 1. The van der Waals surface area contributed by atoms with Gasteiger partial charge < -0.3 is 14.3 Å². The van der Waals surface area contributed by atoms with E-state index in [9.17, 15) is 5.11 Å². The van der Waals surface area contributed by atoms with Crippen LogP contribution in [-0.4, -0.2) is 12.2 Å². The fraction of sp³-hybridized carbons (Fsp3) is 0.231. The molecule has 0 radical (unpaired) electrons. The van der Waals surface area contributed by atoms with E-state index >= 15 is 0 Å². The first-order valence-electron chi connectivity index (χ1n) is 5.36. The zero-order valence-electron chi connectivity index (χ0n) is 9.69. The van der Waals surface area contributed by atoms with Gasteiger partial charge in [0.25, 0.3) is 0 Å². The van der Waals surface area contributed by atoms with Gasteiger partial charge in [0.1, 0.15) is 17.6 Å². The zero-order valence-corrected chi connectivity index (χ0v) is 12.0. The highest BCUT2D eigenvalue weighted by Crippen LogP contribution is 2.28. The molecule has 0 aliphatic rings. The lowest BCUT2D eigenvalue weighted by Crippen LogP contribution is -2.01. The molecule has 0 aliphatic carbocycles. The van der Waals surface area contributed by atoms with Crippen molar-refractivity contribution in [3.05, 3.63) is 51.3 Å². The molecule has 2 rings (SSSR count). The minimum absolute atomic E-state index is 0.272. The van der Waals surface area contributed by atoms with E-state index < -0.39 is 6.10 Å². The summed E-state index contributed by atoms with van der Waals surface area (Å²) in [7, 11) is 1.61. The average Bonchev–Trinajstić information content (AvgIpc) is 2.79. The van der Waals surface area contributed by atoms with Crippen LogP contribution in [0.15, 0.2) is 39.2 Å². The van der Waals surface area contributed by atoms with Gasteiger partial charge in [-0.3, -0.25) is 0 Å². The lowest BCUT2D eigenvalue weighted by molar-refractivity contribution is 0.150. The maximum Gasteiger partial charge on any atom is 0.193 e. The largest absolute Gasteiger partial charge is 0.497 e. The maximum atomic E-state index is 10.1. The summed E-state index contributed by atoms with van der Waals surface area (Å²) in [5.74, 6) is 1.20. The number of aliphatic hydroxyl groups is 1. The van der Waals surface area contributed by atoms with Gasteiger partial charge in [-0.15, -0.1) is 0 Å². The van der Waals surface area contributed by atoms with Crippen LogP contribution in [0.4, 0.5) is 0 Å². The molecule has 18 heavy (non-hydrogen) atoms. The van der Waals surface area contributed by atoms with Gasteiger partial charge in [0, 0.05) is 10.9 Å². The minimum atomic E-state index is -0.735. The molecule has 0 saturated heterocycles. The highest BCUT2D eigenvalue weighted by atomic mass is 79.9. The summed E-state index contributed by atoms with van der Waals surface area (Å²) in [5, 5.41) is 10.3. The molecule has 0 amide bonds. The Labute approximate surface area is 118 Å². The van der Waals surface area contributed by atoms with Gasteiger partial charge in [-0.05, 0) is 47.5 Å². The Morgan fingerprint density at radius 3 is 2.78 bits per heavy atom. The zero-order chi connectivity index (χ0) is 13.1. The second-order valence-corrected chi connectivity index (χ2v) is 5.05. The first-order valence-corrected chi connectivity index (χ1v) is 6.53. The van der Waals surface area contributed by atoms with Crippen molar-refractivity contribution in [2.24, 2.45) is 0 Å². The summed E-state index contributed by atoms with van der Waals surface area (Å²) in [6.45, 7) is 0. The molecule has 1 N–H and O–H groups in total. The summed E-state index contributed by atoms with van der Waals surface area (Å²) >= 11 is 9.12. The number of rotatable bonds is 4. The van der Waals surface area contributed by atoms with Gasteiger partial charge in [0.2, 0.25) is 0 Å². The van der Waals surface area contributed by atoms with Crippen LogP contribution in [0.25, 0.3) is 0 Å². The number of ether oxygens (including phenoxy) is 1. The molecule has 1 atom stereocenters. The van der Waals surface area contributed by atoms with E-state index in [0.717, 1.165) is 15.8 Å². The molecule has 5 heteroatoms. The van der Waals surface area contributed by atoms with E-state index in [1.54, 1.807) is 19.2 Å². The van der Waals surface area contributed by atoms with Gasteiger partial charge in [-0.2, -0.15) is 0 Å². The third-order valence-corrected chi connectivity index (χ3v) is 3.57. The summed E-state index contributed by atoms with van der Waals surface area (Å²) in [5.41, 5.74) is 0.939. The molecule has 2 aromatic rings. The van der Waals surface area contributed by atoms with E-state index in [1.807, 2.05) is 18.2 Å². The number of halogens is 2. The second-order valence-electron chi connectivity index (χ2n) is 3.82. The Balaban J connectivity index is 2.18. The number of hydrogen-bond acceptors (Lipinski definition) is 3. The van der Waals surface area contributed by atoms with Crippen molar-refractivity contribution in [2.75, 3.05) is 7.11 Å². The fourth-order valence-corrected chi connectivity index (χ4v) is 2.21. The lowest BCUT2D eigenvalue weighted by Gasteiger charge is -2.11. The van der Waals surface area contributed by atoms with Gasteiger partial charge in [0.05, 0.1) is 7.11 Å². The monoisotopic (exact) mass is 330 g/mol. The van der Waals surface area contributed by atoms with Gasteiger partial charge in [0.15, 0.2) is 5.22 Å². The molecule has 1 aromatic carbocycles. The number of hydrogen-bond donors (Lipinski definition) is 1. The summed E-state index contributed by atoms with van der Waals surface area (Å²) in [6, 6.07) is 8.89. The molecule has 0 fully saturated rings. The van der Waals surface area contributed by atoms with Crippen molar-refractivity contribution in [1.29, 1.82) is 0 Å². The lowest BCUT2D eigenvalue weighted by atomic mass is 10.1. The van der Waals surface area contributed by atoms with Gasteiger partial charge in [-0.25, -0.2) is 0 Å². The molecular formula is C13H12BrClO3. The van der Waals surface area contributed by atoms with Crippen LogP contribution < -0.4 is 4.74 Å². The van der Waals surface area contributed by atoms with Crippen molar-refractivity contribution >= 4 is 27.5 Å². The van der Waals surface area contributed by atoms with Crippen molar-refractivity contribution in [2.45, 2.75) is 12.5 Å². The van der Waals surface area contributed by atoms with Gasteiger partial charge in [-0.1, -0.05) is 15.9 Å². The number of furan rings is 1. The van der Waals surface area contributed by atoms with Crippen LogP contribution >= 0.6 is 27.5 Å². The summed E-state index contributed by atoms with van der Waals surface area (Å²) in [6.07, 6.45) is -0.317. The van der Waals surface area contributed by atoms with Crippen LogP contribution in [0.5, 0.6) is 5.75 Å². The highest BCUT2D eigenvalue weighted by Gasteiger charge is 2.15. The second kappa shape index (κ2) is 5.78. The predicted molar refractivity (Wildman–Crippen MR) is 73.1 cm³/mol. The highest BCUT2D eigenvalue weighted by molar-refractivity contribution is 9.10. The third kappa shape index (κ3) is 3.07. The molecule has 0 bridgehead atoms. The molecule has 1 aromatic heterocycles. The first-order chi connectivity index (χ1) is 8.60. The molecule has 1 heterocycles. The molecule has 96 valence electrons. The van der Waals surface area contributed by atoms with E-state index in [2.05, 4.69) is 15.9 Å². The van der Waals surface area contributed by atoms with E-state index in [-0.39, 0.29) is 5.22 Å². The Morgan fingerprint density at radius 1 is 1.39 bits per heavy atom. The predicted octanol–water partition coefficient (Wildman–Crippen LogP) is 3.98. The Hall–Kier alpha value is -0.970. The topological polar surface area (TPSA) is 42.6 Å². The minimum Gasteiger partial charge on any atom is -0.497 e. The Bertz CT molecular complexity index is 539. The summed E-state index contributed by atoms with van der Waals surface area (Å²) in [4.78, 5) is 0. The Kier molecular flexibility index (Phi) is 4.32. The van der Waals surface area contributed by atoms with Gasteiger partial charge >= 0.3 is 0 Å². The van der Waals surface area contributed by atoms with E-state index in [4.69, 9.17) is 20.8 Å². The molecule has 1 unspecified atom stereocenters. The summed E-state index contributed by atoms with van der Waals surface area (Å²) < 4.78 is 11.3. The van der Waals surface area contributed by atoms with Crippen LogP contribution in [0, 0.1) is 0 Å². The maximum absolute atomic E-state index is 10.1. The van der Waals surface area contributed by atoms with E-state index in [0.29, 0.717) is 12.2 Å². The fourth-order valence-electron chi connectivity index (χ4n) is 1.65. The standard InChI is InChI=1S/C13H12BrClO3/c1-17-9-2-3-10(14)8(6-9)7-11(16)12-4-5-13(15)18-12/h2-6,11,16H,7H2,1H3.